The number of carbonyl (C=O) groups is 3. The first-order valence-electron chi connectivity index (χ1n) is 5.59. The molecule has 1 aromatic rings. The lowest BCUT2D eigenvalue weighted by Crippen LogP contribution is -2.40. The van der Waals surface area contributed by atoms with E-state index in [1.165, 1.54) is 6.92 Å². The Bertz CT molecular complexity index is 491. The molecule has 0 radical (unpaired) electrons. The molecular formula is C12H14ClN3O3. The number of rotatable bonds is 4. The summed E-state index contributed by atoms with van der Waals surface area (Å²) in [5.74, 6) is -1.15. The largest absolute Gasteiger partial charge is 0.325 e. The first kappa shape index (κ1) is 15.0. The third-order valence-electron chi connectivity index (χ3n) is 2.11. The monoisotopic (exact) mass is 283 g/mol. The molecule has 6 nitrogen and oxygen atoms in total. The van der Waals surface area contributed by atoms with Gasteiger partial charge in [-0.3, -0.25) is 25.2 Å². The molecule has 0 unspecified atom stereocenters. The Hall–Kier alpha value is -2.08. The fourth-order valence-corrected chi connectivity index (χ4v) is 1.41. The Morgan fingerprint density at radius 3 is 2.32 bits per heavy atom. The molecule has 0 saturated heterocycles. The summed E-state index contributed by atoms with van der Waals surface area (Å²) in [6, 6.07) is 6.81. The molecule has 0 saturated carbocycles. The Balaban J connectivity index is 2.34. The second-order valence-electron chi connectivity index (χ2n) is 3.76. The van der Waals surface area contributed by atoms with E-state index in [9.17, 15) is 14.4 Å². The van der Waals surface area contributed by atoms with Crippen LogP contribution in [0.5, 0.6) is 0 Å². The summed E-state index contributed by atoms with van der Waals surface area (Å²) in [6.07, 6.45) is -0.0345. The number of hydrogen-bond donors (Lipinski definition) is 3. The predicted molar refractivity (Wildman–Crippen MR) is 71.3 cm³/mol. The van der Waals surface area contributed by atoms with Crippen LogP contribution < -0.4 is 16.2 Å². The highest BCUT2D eigenvalue weighted by Gasteiger charge is 2.08. The fourth-order valence-electron chi connectivity index (χ4n) is 1.22. The van der Waals surface area contributed by atoms with Crippen LogP contribution in [-0.2, 0) is 14.4 Å². The number of para-hydroxylation sites is 1. The molecule has 102 valence electrons. The summed E-state index contributed by atoms with van der Waals surface area (Å²) >= 11 is 5.87. The molecule has 1 rings (SSSR count). The van der Waals surface area contributed by atoms with Crippen molar-refractivity contribution in [3.05, 3.63) is 29.3 Å². The van der Waals surface area contributed by atoms with Gasteiger partial charge in [-0.15, -0.1) is 0 Å². The van der Waals surface area contributed by atoms with Gasteiger partial charge in [0, 0.05) is 19.8 Å². The number of amides is 3. The van der Waals surface area contributed by atoms with Gasteiger partial charge in [-0.1, -0.05) is 23.7 Å². The van der Waals surface area contributed by atoms with E-state index in [1.807, 2.05) is 0 Å². The molecule has 0 heterocycles. The summed E-state index contributed by atoms with van der Waals surface area (Å²) < 4.78 is 0. The topological polar surface area (TPSA) is 87.3 Å². The standard InChI is InChI=1S/C12H14ClN3O3/c1-8(17)15-16-12(19)7-6-11(18)14-10-5-3-2-4-9(10)13/h2-5H,6-7H2,1H3,(H,14,18)(H,15,17)(H,16,19). The lowest BCUT2D eigenvalue weighted by molar-refractivity contribution is -0.128. The van der Waals surface area contributed by atoms with Gasteiger partial charge in [0.1, 0.15) is 0 Å². The molecule has 0 aromatic heterocycles. The lowest BCUT2D eigenvalue weighted by Gasteiger charge is -2.07. The van der Waals surface area contributed by atoms with Crippen LogP contribution >= 0.6 is 11.6 Å². The van der Waals surface area contributed by atoms with Crippen LogP contribution in [0.1, 0.15) is 19.8 Å². The van der Waals surface area contributed by atoms with E-state index in [0.29, 0.717) is 10.7 Å². The first-order valence-corrected chi connectivity index (χ1v) is 5.96. The van der Waals surface area contributed by atoms with Crippen LogP contribution in [0.25, 0.3) is 0 Å². The maximum Gasteiger partial charge on any atom is 0.238 e. The van der Waals surface area contributed by atoms with E-state index in [1.54, 1.807) is 24.3 Å². The highest BCUT2D eigenvalue weighted by atomic mass is 35.5. The molecule has 3 N–H and O–H groups in total. The highest BCUT2D eigenvalue weighted by Crippen LogP contribution is 2.20. The Morgan fingerprint density at radius 1 is 1.05 bits per heavy atom. The maximum absolute atomic E-state index is 11.6. The summed E-state index contributed by atoms with van der Waals surface area (Å²) in [5, 5.41) is 3.02. The van der Waals surface area contributed by atoms with Gasteiger partial charge >= 0.3 is 0 Å². The summed E-state index contributed by atoms with van der Waals surface area (Å²) in [5.41, 5.74) is 4.80. The van der Waals surface area contributed by atoms with Crippen LogP contribution in [0.3, 0.4) is 0 Å². The number of nitrogens with one attached hydrogen (secondary N) is 3. The van der Waals surface area contributed by atoms with E-state index in [-0.39, 0.29) is 24.7 Å². The second kappa shape index (κ2) is 7.38. The van der Waals surface area contributed by atoms with Gasteiger partial charge in [-0.05, 0) is 12.1 Å². The van der Waals surface area contributed by atoms with Gasteiger partial charge in [-0.25, -0.2) is 0 Å². The maximum atomic E-state index is 11.6. The van der Waals surface area contributed by atoms with Crippen molar-refractivity contribution in [1.29, 1.82) is 0 Å². The fraction of sp³-hybridized carbons (Fsp3) is 0.250. The Labute approximate surface area is 115 Å². The molecule has 3 amide bonds. The van der Waals surface area contributed by atoms with Gasteiger partial charge < -0.3 is 5.32 Å². The number of halogens is 1. The van der Waals surface area contributed by atoms with Crippen LogP contribution in [0, 0.1) is 0 Å². The van der Waals surface area contributed by atoms with Crippen molar-refractivity contribution in [1.82, 2.24) is 10.9 Å². The number of benzene rings is 1. The molecule has 1 aromatic carbocycles. The molecule has 0 spiro atoms. The van der Waals surface area contributed by atoms with Crippen molar-refractivity contribution >= 4 is 35.0 Å². The van der Waals surface area contributed by atoms with E-state index in [4.69, 9.17) is 11.6 Å². The third kappa shape index (κ3) is 5.87. The van der Waals surface area contributed by atoms with Crippen molar-refractivity contribution in [2.45, 2.75) is 19.8 Å². The molecule has 0 aliphatic rings. The van der Waals surface area contributed by atoms with E-state index in [2.05, 4.69) is 16.2 Å². The van der Waals surface area contributed by atoms with E-state index >= 15 is 0 Å². The minimum absolute atomic E-state index is 0.00333. The van der Waals surface area contributed by atoms with Crippen molar-refractivity contribution in [3.8, 4) is 0 Å². The van der Waals surface area contributed by atoms with Crippen LogP contribution in [0.2, 0.25) is 5.02 Å². The van der Waals surface area contributed by atoms with E-state index < -0.39 is 5.91 Å². The van der Waals surface area contributed by atoms with Gasteiger partial charge in [0.25, 0.3) is 0 Å². The number of hydrazine groups is 1. The van der Waals surface area contributed by atoms with Gasteiger partial charge in [-0.2, -0.15) is 0 Å². The molecule has 0 aliphatic heterocycles. The zero-order valence-electron chi connectivity index (χ0n) is 10.3. The zero-order valence-corrected chi connectivity index (χ0v) is 11.1. The molecule has 7 heteroatoms. The third-order valence-corrected chi connectivity index (χ3v) is 2.43. The number of hydrogen-bond acceptors (Lipinski definition) is 3. The average molecular weight is 284 g/mol. The minimum Gasteiger partial charge on any atom is -0.325 e. The summed E-state index contributed by atoms with van der Waals surface area (Å²) in [6.45, 7) is 1.27. The lowest BCUT2D eigenvalue weighted by atomic mass is 10.2. The van der Waals surface area contributed by atoms with Crippen molar-refractivity contribution < 1.29 is 14.4 Å². The zero-order chi connectivity index (χ0) is 14.3. The number of carbonyl (C=O) groups excluding carboxylic acids is 3. The Kier molecular flexibility index (Phi) is 5.81. The normalized spacial score (nSPS) is 9.58. The molecule has 0 atom stereocenters. The minimum atomic E-state index is -0.440. The second-order valence-corrected chi connectivity index (χ2v) is 4.16. The van der Waals surface area contributed by atoms with Gasteiger partial charge in [0.15, 0.2) is 0 Å². The molecule has 0 bridgehead atoms. The molecule has 19 heavy (non-hydrogen) atoms. The molecular weight excluding hydrogens is 270 g/mol. The van der Waals surface area contributed by atoms with Crippen molar-refractivity contribution in [2.24, 2.45) is 0 Å². The van der Waals surface area contributed by atoms with Crippen LogP contribution in [0.15, 0.2) is 24.3 Å². The van der Waals surface area contributed by atoms with Crippen molar-refractivity contribution in [3.63, 3.8) is 0 Å². The first-order chi connectivity index (χ1) is 8.99. The molecule has 0 aliphatic carbocycles. The van der Waals surface area contributed by atoms with Crippen LogP contribution in [-0.4, -0.2) is 17.7 Å². The SMILES string of the molecule is CC(=O)NNC(=O)CCC(=O)Nc1ccccc1Cl. The highest BCUT2D eigenvalue weighted by molar-refractivity contribution is 6.33. The van der Waals surface area contributed by atoms with Crippen LogP contribution in [0.4, 0.5) is 5.69 Å². The summed E-state index contributed by atoms with van der Waals surface area (Å²) in [7, 11) is 0. The van der Waals surface area contributed by atoms with E-state index in [0.717, 1.165) is 0 Å². The smallest absolute Gasteiger partial charge is 0.238 e. The average Bonchev–Trinajstić information content (AvgIpc) is 2.36. The quantitative estimate of drug-likeness (QED) is 0.726. The molecule has 0 fully saturated rings. The summed E-state index contributed by atoms with van der Waals surface area (Å²) in [4.78, 5) is 33.4. The van der Waals surface area contributed by atoms with Crippen molar-refractivity contribution in [2.75, 3.05) is 5.32 Å². The number of anilines is 1. The predicted octanol–water partition coefficient (Wildman–Crippen LogP) is 1.23. The van der Waals surface area contributed by atoms with Gasteiger partial charge in [0.05, 0.1) is 10.7 Å². The van der Waals surface area contributed by atoms with Gasteiger partial charge in [0.2, 0.25) is 17.7 Å². The Morgan fingerprint density at radius 2 is 1.68 bits per heavy atom.